The minimum absolute atomic E-state index is 0.0619. The van der Waals surface area contributed by atoms with Crippen molar-refractivity contribution in [1.82, 2.24) is 0 Å². The van der Waals surface area contributed by atoms with E-state index >= 15 is 0 Å². The van der Waals surface area contributed by atoms with Crippen LogP contribution < -0.4 is 10.6 Å². The fourth-order valence-corrected chi connectivity index (χ4v) is 2.05. The summed E-state index contributed by atoms with van der Waals surface area (Å²) in [5, 5.41) is 5.93. The van der Waals surface area contributed by atoms with Crippen LogP contribution in [0, 0.1) is 6.92 Å². The van der Waals surface area contributed by atoms with Crippen LogP contribution in [0.15, 0.2) is 41.0 Å². The zero-order chi connectivity index (χ0) is 11.8. The van der Waals surface area contributed by atoms with Crippen molar-refractivity contribution in [3.05, 3.63) is 47.7 Å². The third kappa shape index (κ3) is 1.58. The minimum Gasteiger partial charge on any atom is -0.447 e. The number of rotatable bonds is 1. The summed E-state index contributed by atoms with van der Waals surface area (Å²) in [7, 11) is 0. The Kier molecular flexibility index (Phi) is 2.14. The Labute approximate surface area is 98.6 Å². The average Bonchev–Trinajstić information content (AvgIpc) is 2.76. The van der Waals surface area contributed by atoms with Crippen molar-refractivity contribution in [3.63, 3.8) is 0 Å². The molecule has 1 aliphatic heterocycles. The number of benzene rings is 1. The van der Waals surface area contributed by atoms with Gasteiger partial charge >= 0.3 is 0 Å². The number of anilines is 2. The van der Waals surface area contributed by atoms with Crippen molar-refractivity contribution in [3.8, 4) is 0 Å². The van der Waals surface area contributed by atoms with E-state index in [1.807, 2.05) is 31.2 Å². The lowest BCUT2D eigenvalue weighted by Crippen LogP contribution is -2.31. The zero-order valence-electron chi connectivity index (χ0n) is 9.36. The number of carbonyl (C=O) groups excluding carboxylic acids is 1. The van der Waals surface area contributed by atoms with Crippen LogP contribution in [-0.4, -0.2) is 5.91 Å². The van der Waals surface area contributed by atoms with Gasteiger partial charge in [0.25, 0.3) is 5.91 Å². The molecule has 17 heavy (non-hydrogen) atoms. The van der Waals surface area contributed by atoms with E-state index in [-0.39, 0.29) is 5.91 Å². The van der Waals surface area contributed by atoms with Crippen molar-refractivity contribution >= 4 is 17.5 Å². The molecule has 2 aromatic rings. The van der Waals surface area contributed by atoms with Gasteiger partial charge in [-0.25, -0.2) is 0 Å². The van der Waals surface area contributed by atoms with E-state index in [0.717, 1.165) is 11.1 Å². The van der Waals surface area contributed by atoms with E-state index in [1.54, 1.807) is 12.3 Å². The second-order valence-electron chi connectivity index (χ2n) is 4.09. The highest BCUT2D eigenvalue weighted by Crippen LogP contribution is 2.33. The van der Waals surface area contributed by atoms with E-state index in [2.05, 4.69) is 10.6 Å². The zero-order valence-corrected chi connectivity index (χ0v) is 9.36. The molecule has 0 spiro atoms. The van der Waals surface area contributed by atoms with E-state index in [1.165, 1.54) is 0 Å². The van der Waals surface area contributed by atoms with E-state index in [0.29, 0.717) is 11.6 Å². The minimum atomic E-state index is -0.394. The molecule has 4 heteroatoms. The second kappa shape index (κ2) is 3.66. The first-order valence-electron chi connectivity index (χ1n) is 5.46. The molecule has 1 atom stereocenters. The number of carbonyl (C=O) groups is 1. The third-order valence-corrected chi connectivity index (χ3v) is 2.96. The van der Waals surface area contributed by atoms with Crippen LogP contribution in [0.5, 0.6) is 0 Å². The number of nitrogens with one attached hydrogen (secondary N) is 2. The molecule has 4 nitrogen and oxygen atoms in total. The van der Waals surface area contributed by atoms with Gasteiger partial charge in [-0.2, -0.15) is 0 Å². The third-order valence-electron chi connectivity index (χ3n) is 2.96. The van der Waals surface area contributed by atoms with Crippen LogP contribution in [0.4, 0.5) is 11.6 Å². The second-order valence-corrected chi connectivity index (χ2v) is 4.09. The predicted octanol–water partition coefficient (Wildman–Crippen LogP) is 2.69. The lowest BCUT2D eigenvalue weighted by atomic mass is 9.99. The number of furan rings is 1. The van der Waals surface area contributed by atoms with Gasteiger partial charge in [0.15, 0.2) is 0 Å². The summed E-state index contributed by atoms with van der Waals surface area (Å²) in [5.41, 5.74) is 2.74. The Hall–Kier alpha value is -2.23. The van der Waals surface area contributed by atoms with Gasteiger partial charge in [0.2, 0.25) is 5.88 Å². The molecule has 0 saturated heterocycles. The van der Waals surface area contributed by atoms with Crippen molar-refractivity contribution in [2.75, 3.05) is 10.6 Å². The number of aryl methyl sites for hydroxylation is 1. The van der Waals surface area contributed by atoms with Crippen molar-refractivity contribution < 1.29 is 9.21 Å². The maximum absolute atomic E-state index is 12.0. The highest BCUT2D eigenvalue weighted by atomic mass is 16.3. The summed E-state index contributed by atoms with van der Waals surface area (Å²) in [4.78, 5) is 12.0. The first-order chi connectivity index (χ1) is 8.25. The molecule has 2 heterocycles. The quantitative estimate of drug-likeness (QED) is 0.789. The molecule has 0 bridgehead atoms. The van der Waals surface area contributed by atoms with E-state index in [4.69, 9.17) is 4.42 Å². The normalized spacial score (nSPS) is 18.2. The number of hydrogen-bond donors (Lipinski definition) is 2. The molecule has 1 amide bonds. The van der Waals surface area contributed by atoms with Crippen molar-refractivity contribution in [2.45, 2.75) is 13.0 Å². The van der Waals surface area contributed by atoms with Crippen LogP contribution >= 0.6 is 0 Å². The molecule has 0 radical (unpaired) electrons. The highest BCUT2D eigenvalue weighted by Gasteiger charge is 2.29. The lowest BCUT2D eigenvalue weighted by molar-refractivity contribution is -0.117. The van der Waals surface area contributed by atoms with E-state index in [9.17, 15) is 4.79 Å². The Balaban J connectivity index is 2.01. The molecular weight excluding hydrogens is 216 g/mol. The molecule has 0 saturated carbocycles. The van der Waals surface area contributed by atoms with Gasteiger partial charge in [0.05, 0.1) is 6.26 Å². The van der Waals surface area contributed by atoms with Crippen LogP contribution in [0.1, 0.15) is 17.2 Å². The fraction of sp³-hybridized carbons (Fsp3) is 0.154. The van der Waals surface area contributed by atoms with Crippen molar-refractivity contribution in [1.29, 1.82) is 0 Å². The van der Waals surface area contributed by atoms with Crippen molar-refractivity contribution in [2.24, 2.45) is 0 Å². The molecule has 2 N–H and O–H groups in total. The Morgan fingerprint density at radius 3 is 2.88 bits per heavy atom. The molecule has 0 fully saturated rings. The molecule has 86 valence electrons. The monoisotopic (exact) mass is 228 g/mol. The summed E-state index contributed by atoms with van der Waals surface area (Å²) in [6.07, 6.45) is 1.55. The van der Waals surface area contributed by atoms with Gasteiger partial charge < -0.3 is 15.1 Å². The average molecular weight is 228 g/mol. The molecule has 1 aromatic heterocycles. The molecule has 1 aliphatic rings. The smallest absolute Gasteiger partial charge is 0.251 e. The van der Waals surface area contributed by atoms with Crippen LogP contribution in [0.25, 0.3) is 0 Å². The summed E-state index contributed by atoms with van der Waals surface area (Å²) in [6.45, 7) is 1.99. The van der Waals surface area contributed by atoms with Gasteiger partial charge in [-0.1, -0.05) is 24.3 Å². The van der Waals surface area contributed by atoms with E-state index < -0.39 is 6.04 Å². The maximum Gasteiger partial charge on any atom is 0.251 e. The largest absolute Gasteiger partial charge is 0.447 e. The molecule has 1 aromatic carbocycles. The van der Waals surface area contributed by atoms with Gasteiger partial charge in [0.1, 0.15) is 11.7 Å². The standard InChI is InChI=1S/C13H12N2O2/c1-8-4-2-3-5-9(8)11-12(16)14-10-6-7-17-13(10)15-11/h2-7,11,15H,1H3,(H,14,16). The van der Waals surface area contributed by atoms with Gasteiger partial charge in [-0.05, 0) is 18.1 Å². The molecule has 3 rings (SSSR count). The number of amides is 1. The van der Waals surface area contributed by atoms with Gasteiger partial charge in [-0.3, -0.25) is 4.79 Å². The van der Waals surface area contributed by atoms with Crippen LogP contribution in [0.3, 0.4) is 0 Å². The first kappa shape index (κ1) is 9.96. The first-order valence-corrected chi connectivity index (χ1v) is 5.46. The van der Waals surface area contributed by atoms with Crippen LogP contribution in [0.2, 0.25) is 0 Å². The van der Waals surface area contributed by atoms with Gasteiger partial charge in [-0.15, -0.1) is 0 Å². The lowest BCUT2D eigenvalue weighted by Gasteiger charge is -2.24. The molecule has 0 aliphatic carbocycles. The Morgan fingerprint density at radius 2 is 2.06 bits per heavy atom. The Morgan fingerprint density at radius 1 is 1.24 bits per heavy atom. The number of hydrogen-bond acceptors (Lipinski definition) is 3. The fourth-order valence-electron chi connectivity index (χ4n) is 2.05. The van der Waals surface area contributed by atoms with Gasteiger partial charge in [0, 0.05) is 6.07 Å². The number of fused-ring (bicyclic) bond motifs is 1. The summed E-state index contributed by atoms with van der Waals surface area (Å²) in [5.74, 6) is 0.547. The molecule has 1 unspecified atom stereocenters. The highest BCUT2D eigenvalue weighted by molar-refractivity contribution is 6.02. The maximum atomic E-state index is 12.0. The summed E-state index contributed by atoms with van der Waals surface area (Å²) >= 11 is 0. The molecular formula is C13H12N2O2. The Bertz CT molecular complexity index is 574. The predicted molar refractivity (Wildman–Crippen MR) is 64.9 cm³/mol. The SMILES string of the molecule is Cc1ccccc1C1Nc2occc2NC1=O. The summed E-state index contributed by atoms with van der Waals surface area (Å²) in [6, 6.07) is 9.15. The summed E-state index contributed by atoms with van der Waals surface area (Å²) < 4.78 is 5.27. The topological polar surface area (TPSA) is 54.3 Å². The van der Waals surface area contributed by atoms with Crippen LogP contribution in [-0.2, 0) is 4.79 Å².